The zero-order valence-electron chi connectivity index (χ0n) is 13.3. The summed E-state index contributed by atoms with van der Waals surface area (Å²) in [6, 6.07) is 10.3. The molecule has 1 aliphatic rings. The Hall–Kier alpha value is -2.94. The van der Waals surface area contributed by atoms with E-state index in [9.17, 15) is 5.26 Å². The third-order valence-corrected chi connectivity index (χ3v) is 4.72. The van der Waals surface area contributed by atoms with Crippen molar-refractivity contribution in [3.05, 3.63) is 48.4 Å². The fourth-order valence-corrected chi connectivity index (χ4v) is 3.48. The van der Waals surface area contributed by atoms with Crippen LogP contribution in [0, 0.1) is 17.2 Å². The first-order valence-corrected chi connectivity index (χ1v) is 8.22. The van der Waals surface area contributed by atoms with E-state index in [-0.39, 0.29) is 0 Å². The molecule has 1 aromatic carbocycles. The van der Waals surface area contributed by atoms with Crippen molar-refractivity contribution in [2.45, 2.75) is 19.4 Å². The number of hydrogen-bond donors (Lipinski definition) is 0. The van der Waals surface area contributed by atoms with Crippen LogP contribution >= 0.6 is 0 Å². The molecule has 1 aliphatic heterocycles. The monoisotopic (exact) mass is 318 g/mol. The van der Waals surface area contributed by atoms with Crippen LogP contribution in [0.4, 0.5) is 5.69 Å². The fraction of sp³-hybridized carbons (Fsp3) is 0.333. The molecule has 1 saturated heterocycles. The second-order valence-electron chi connectivity index (χ2n) is 6.20. The highest BCUT2D eigenvalue weighted by Gasteiger charge is 2.23. The van der Waals surface area contributed by atoms with Crippen LogP contribution in [-0.2, 0) is 6.54 Å². The third-order valence-electron chi connectivity index (χ3n) is 4.72. The van der Waals surface area contributed by atoms with Gasteiger partial charge in [-0.15, -0.1) is 5.10 Å². The highest BCUT2D eigenvalue weighted by Crippen LogP contribution is 2.32. The van der Waals surface area contributed by atoms with Gasteiger partial charge in [-0.1, -0.05) is 23.4 Å². The second kappa shape index (κ2) is 6.28. The SMILES string of the molecule is N#Cc1cnc2ccccc2c1N1CCC(Cn2ccnn2)CC1. The molecule has 3 aromatic rings. The largest absolute Gasteiger partial charge is 0.370 e. The van der Waals surface area contributed by atoms with E-state index in [0.29, 0.717) is 11.5 Å². The van der Waals surface area contributed by atoms with Gasteiger partial charge in [-0.25, -0.2) is 0 Å². The Balaban J connectivity index is 1.57. The van der Waals surface area contributed by atoms with Crippen molar-refractivity contribution in [1.82, 2.24) is 20.0 Å². The Morgan fingerprint density at radius 1 is 1.21 bits per heavy atom. The molecule has 3 heterocycles. The Bertz CT molecular complexity index is 872. The van der Waals surface area contributed by atoms with Crippen molar-refractivity contribution >= 4 is 16.6 Å². The summed E-state index contributed by atoms with van der Waals surface area (Å²) in [6.45, 7) is 2.81. The van der Waals surface area contributed by atoms with Crippen molar-refractivity contribution in [2.24, 2.45) is 5.92 Å². The molecule has 0 atom stereocenters. The minimum Gasteiger partial charge on any atom is -0.370 e. The lowest BCUT2D eigenvalue weighted by atomic mass is 9.95. The number of rotatable bonds is 3. The van der Waals surface area contributed by atoms with Gasteiger partial charge in [-0.3, -0.25) is 9.67 Å². The predicted octanol–water partition coefficient (Wildman–Crippen LogP) is 2.61. The lowest BCUT2D eigenvalue weighted by Gasteiger charge is -2.34. The van der Waals surface area contributed by atoms with E-state index in [0.717, 1.165) is 49.1 Å². The summed E-state index contributed by atoms with van der Waals surface area (Å²) >= 11 is 0. The van der Waals surface area contributed by atoms with E-state index >= 15 is 0 Å². The Labute approximate surface area is 140 Å². The maximum absolute atomic E-state index is 9.50. The van der Waals surface area contributed by atoms with Gasteiger partial charge in [0.15, 0.2) is 0 Å². The molecule has 0 N–H and O–H groups in total. The quantitative estimate of drug-likeness (QED) is 0.742. The standard InChI is InChI=1S/C18H18N6/c19-11-15-12-20-17-4-2-1-3-16(17)18(15)23-8-5-14(6-9-23)13-24-10-7-21-22-24/h1-4,7,10,12,14H,5-6,8-9,13H2. The molecule has 0 radical (unpaired) electrons. The minimum absolute atomic E-state index is 0.599. The molecule has 0 spiro atoms. The molecule has 0 saturated carbocycles. The van der Waals surface area contributed by atoms with Gasteiger partial charge < -0.3 is 4.90 Å². The maximum Gasteiger partial charge on any atom is 0.103 e. The molecule has 0 bridgehead atoms. The molecule has 0 amide bonds. The lowest BCUT2D eigenvalue weighted by molar-refractivity contribution is 0.339. The van der Waals surface area contributed by atoms with Crippen LogP contribution in [0.3, 0.4) is 0 Å². The first-order chi connectivity index (χ1) is 11.8. The van der Waals surface area contributed by atoms with Gasteiger partial charge in [0.2, 0.25) is 0 Å². The average Bonchev–Trinajstić information content (AvgIpc) is 3.14. The molecule has 0 aliphatic carbocycles. The summed E-state index contributed by atoms with van der Waals surface area (Å²) in [6.07, 6.45) is 7.50. The Morgan fingerprint density at radius 3 is 2.79 bits per heavy atom. The average molecular weight is 318 g/mol. The number of anilines is 1. The number of pyridine rings is 1. The smallest absolute Gasteiger partial charge is 0.103 e. The Kier molecular flexibility index (Phi) is 3.83. The Morgan fingerprint density at radius 2 is 2.04 bits per heavy atom. The van der Waals surface area contributed by atoms with E-state index in [1.807, 2.05) is 29.1 Å². The lowest BCUT2D eigenvalue weighted by Crippen LogP contribution is -2.35. The molecule has 6 nitrogen and oxygen atoms in total. The van der Waals surface area contributed by atoms with Crippen molar-refractivity contribution in [3.63, 3.8) is 0 Å². The van der Waals surface area contributed by atoms with Crippen LogP contribution in [0.15, 0.2) is 42.9 Å². The summed E-state index contributed by atoms with van der Waals surface area (Å²) in [5, 5.41) is 18.5. The number of para-hydroxylation sites is 1. The molecule has 2 aromatic heterocycles. The number of benzene rings is 1. The topological polar surface area (TPSA) is 70.6 Å². The van der Waals surface area contributed by atoms with E-state index < -0.39 is 0 Å². The highest BCUT2D eigenvalue weighted by molar-refractivity contribution is 5.94. The van der Waals surface area contributed by atoms with Crippen molar-refractivity contribution in [1.29, 1.82) is 5.26 Å². The van der Waals surface area contributed by atoms with Crippen molar-refractivity contribution in [2.75, 3.05) is 18.0 Å². The third kappa shape index (κ3) is 2.69. The normalized spacial score (nSPS) is 15.5. The minimum atomic E-state index is 0.599. The molecule has 0 unspecified atom stereocenters. The van der Waals surface area contributed by atoms with Gasteiger partial charge in [-0.05, 0) is 24.8 Å². The van der Waals surface area contributed by atoms with Crippen molar-refractivity contribution in [3.8, 4) is 6.07 Å². The molecule has 24 heavy (non-hydrogen) atoms. The second-order valence-corrected chi connectivity index (χ2v) is 6.20. The van der Waals surface area contributed by atoms with Crippen LogP contribution in [0.2, 0.25) is 0 Å². The summed E-state index contributed by atoms with van der Waals surface area (Å²) < 4.78 is 1.91. The number of hydrogen-bond acceptors (Lipinski definition) is 5. The summed E-state index contributed by atoms with van der Waals surface area (Å²) in [5.74, 6) is 0.599. The predicted molar refractivity (Wildman–Crippen MR) is 91.4 cm³/mol. The first-order valence-electron chi connectivity index (χ1n) is 8.22. The zero-order chi connectivity index (χ0) is 16.4. The molecule has 120 valence electrons. The van der Waals surface area contributed by atoms with Gasteiger partial charge in [-0.2, -0.15) is 5.26 Å². The highest BCUT2D eigenvalue weighted by atomic mass is 15.4. The maximum atomic E-state index is 9.50. The zero-order valence-corrected chi connectivity index (χ0v) is 13.3. The number of piperidine rings is 1. The van der Waals surface area contributed by atoms with Gasteiger partial charge >= 0.3 is 0 Å². The van der Waals surface area contributed by atoms with E-state index in [1.54, 1.807) is 12.4 Å². The molecular formula is C18H18N6. The van der Waals surface area contributed by atoms with Gasteiger partial charge in [0.25, 0.3) is 0 Å². The number of nitrogens with zero attached hydrogens (tertiary/aromatic N) is 6. The molecule has 1 fully saturated rings. The molecular weight excluding hydrogens is 300 g/mol. The van der Waals surface area contributed by atoms with E-state index in [1.165, 1.54) is 0 Å². The van der Waals surface area contributed by atoms with Crippen LogP contribution in [0.5, 0.6) is 0 Å². The van der Waals surface area contributed by atoms with Crippen LogP contribution in [0.25, 0.3) is 10.9 Å². The van der Waals surface area contributed by atoms with Crippen LogP contribution in [0.1, 0.15) is 18.4 Å². The fourth-order valence-electron chi connectivity index (χ4n) is 3.48. The van der Waals surface area contributed by atoms with Crippen LogP contribution < -0.4 is 4.90 Å². The van der Waals surface area contributed by atoms with Gasteiger partial charge in [0.05, 0.1) is 23.0 Å². The van der Waals surface area contributed by atoms with E-state index in [4.69, 9.17) is 0 Å². The van der Waals surface area contributed by atoms with Gasteiger partial charge in [0.1, 0.15) is 6.07 Å². The molecule has 6 heteroatoms. The number of nitriles is 1. The van der Waals surface area contributed by atoms with Crippen molar-refractivity contribution < 1.29 is 0 Å². The number of aromatic nitrogens is 4. The summed E-state index contributed by atoms with van der Waals surface area (Å²) in [4.78, 5) is 6.74. The first kappa shape index (κ1) is 14.6. The van der Waals surface area contributed by atoms with Gasteiger partial charge in [0, 0.05) is 37.4 Å². The summed E-state index contributed by atoms with van der Waals surface area (Å²) in [7, 11) is 0. The summed E-state index contributed by atoms with van der Waals surface area (Å²) in [5.41, 5.74) is 2.63. The number of fused-ring (bicyclic) bond motifs is 1. The van der Waals surface area contributed by atoms with E-state index in [2.05, 4.69) is 32.3 Å². The van der Waals surface area contributed by atoms with Crippen LogP contribution in [-0.4, -0.2) is 33.1 Å². The molecule has 4 rings (SSSR count).